The normalized spacial score (nSPS) is 26.9. The van der Waals surface area contributed by atoms with E-state index in [1.54, 1.807) is 42.5 Å². The third-order valence-electron chi connectivity index (χ3n) is 9.07. The summed E-state index contributed by atoms with van der Waals surface area (Å²) in [5.74, 6) is -0.397. The lowest BCUT2D eigenvalue weighted by molar-refractivity contribution is -0.231. The summed E-state index contributed by atoms with van der Waals surface area (Å²) in [4.78, 5) is 2.74. The fourth-order valence-corrected chi connectivity index (χ4v) is 6.93. The predicted molar refractivity (Wildman–Crippen MR) is 175 cm³/mol. The van der Waals surface area contributed by atoms with Gasteiger partial charge in [0.05, 0.1) is 23.7 Å². The Morgan fingerprint density at radius 2 is 1.50 bits per heavy atom. The quantitative estimate of drug-likeness (QED) is 0.143. The van der Waals surface area contributed by atoms with E-state index in [2.05, 4.69) is 0 Å². The van der Waals surface area contributed by atoms with Crippen LogP contribution in [0.25, 0.3) is 11.1 Å². The zero-order chi connectivity index (χ0) is 32.5. The van der Waals surface area contributed by atoms with Gasteiger partial charge in [0.2, 0.25) is 0 Å². The van der Waals surface area contributed by atoms with Crippen molar-refractivity contribution in [1.82, 2.24) is 0 Å². The minimum atomic E-state index is -1.47. The van der Waals surface area contributed by atoms with Crippen LogP contribution in [0.4, 0.5) is 10.1 Å². The van der Waals surface area contributed by atoms with Crippen molar-refractivity contribution in [3.63, 3.8) is 0 Å². The molecule has 240 valence electrons. The number of nitrogens with zero attached hydrogens (tertiary/aromatic N) is 1. The molecule has 0 amide bonds. The summed E-state index contributed by atoms with van der Waals surface area (Å²) in [6.45, 7) is -0.506. The number of aromatic hydroxyl groups is 1. The van der Waals surface area contributed by atoms with Crippen LogP contribution in [0.1, 0.15) is 47.8 Å². The van der Waals surface area contributed by atoms with Crippen LogP contribution >= 0.6 is 12.2 Å². The molecule has 2 aliphatic heterocycles. The Kier molecular flexibility index (Phi) is 9.49. The molecule has 2 aliphatic rings. The lowest BCUT2D eigenvalue weighted by Crippen LogP contribution is -2.55. The molecule has 10 heteroatoms. The van der Waals surface area contributed by atoms with Crippen molar-refractivity contribution in [3.8, 4) is 16.9 Å². The average Bonchev–Trinajstić information content (AvgIpc) is 3.07. The third-order valence-corrected chi connectivity index (χ3v) is 9.57. The maximum absolute atomic E-state index is 13.4. The topological polar surface area (TPSA) is 134 Å². The van der Waals surface area contributed by atoms with E-state index < -0.39 is 43.2 Å². The SMILES string of the molecule is OCC1OC(c2ccc(-c3ccc(C4C(CCC(O)c5ccc(F)cc5)C(=S)N4c4ccccc4)c(O)c3)cc2)C(O)C(O)C1O. The van der Waals surface area contributed by atoms with Gasteiger partial charge in [0, 0.05) is 17.2 Å². The smallest absolute Gasteiger partial charge is 0.123 e. The van der Waals surface area contributed by atoms with Crippen LogP contribution in [0, 0.1) is 11.7 Å². The van der Waals surface area contributed by atoms with Gasteiger partial charge >= 0.3 is 0 Å². The van der Waals surface area contributed by atoms with E-state index in [0.29, 0.717) is 29.5 Å². The van der Waals surface area contributed by atoms with Crippen molar-refractivity contribution in [2.45, 2.75) is 55.5 Å². The lowest BCUT2D eigenvalue weighted by atomic mass is 9.78. The summed E-state index contributed by atoms with van der Waals surface area (Å²) < 4.78 is 19.1. The molecular formula is C36H36FNO7S. The Morgan fingerprint density at radius 3 is 2.15 bits per heavy atom. The number of phenolic OH excluding ortho intramolecular Hbond substituents is 1. The maximum atomic E-state index is 13.4. The Bertz CT molecular complexity index is 1650. The van der Waals surface area contributed by atoms with Gasteiger partial charge in [-0.25, -0.2) is 4.39 Å². The Labute approximate surface area is 271 Å². The molecule has 0 aliphatic carbocycles. The molecule has 0 saturated carbocycles. The van der Waals surface area contributed by atoms with Crippen LogP contribution in [0.15, 0.2) is 97.1 Å². The monoisotopic (exact) mass is 645 g/mol. The largest absolute Gasteiger partial charge is 0.508 e. The molecule has 2 heterocycles. The van der Waals surface area contributed by atoms with Crippen molar-refractivity contribution in [3.05, 3.63) is 120 Å². The Hall–Kier alpha value is -3.74. The summed E-state index contributed by atoms with van der Waals surface area (Å²) in [5, 5.41) is 62.5. The predicted octanol–water partition coefficient (Wildman–Crippen LogP) is 4.73. The van der Waals surface area contributed by atoms with Crippen LogP contribution in [-0.4, -0.2) is 66.7 Å². The second kappa shape index (κ2) is 13.5. The van der Waals surface area contributed by atoms with Gasteiger partial charge in [0.15, 0.2) is 0 Å². The highest BCUT2D eigenvalue weighted by Crippen LogP contribution is 2.49. The first-order valence-corrected chi connectivity index (χ1v) is 15.6. The van der Waals surface area contributed by atoms with Gasteiger partial charge in [0.1, 0.15) is 42.1 Å². The first-order chi connectivity index (χ1) is 22.2. The Morgan fingerprint density at radius 1 is 0.826 bits per heavy atom. The van der Waals surface area contributed by atoms with E-state index in [9.17, 15) is 35.0 Å². The standard InChI is InChI=1S/C36H36FNO7S/c37-24-13-10-21(11-14-24)28(40)17-16-27-31(38(36(27)46)25-4-2-1-3-5-25)26-15-12-23(18-29(26)41)20-6-8-22(9-7-20)35-34(44)33(43)32(42)30(19-39)45-35/h1-15,18,27-28,30-35,39-44H,16-17,19H2. The molecule has 0 spiro atoms. The number of aliphatic hydroxyl groups excluding tert-OH is 5. The number of aliphatic hydroxyl groups is 5. The minimum Gasteiger partial charge on any atom is -0.508 e. The van der Waals surface area contributed by atoms with Crippen LogP contribution < -0.4 is 4.90 Å². The van der Waals surface area contributed by atoms with Gasteiger partial charge < -0.3 is 40.3 Å². The molecule has 6 N–H and O–H groups in total. The molecule has 2 fully saturated rings. The molecule has 4 aromatic carbocycles. The summed E-state index contributed by atoms with van der Waals surface area (Å²) in [7, 11) is 0. The highest BCUT2D eigenvalue weighted by molar-refractivity contribution is 7.80. The molecule has 2 saturated heterocycles. The second-order valence-corrected chi connectivity index (χ2v) is 12.3. The summed E-state index contributed by atoms with van der Waals surface area (Å²) in [6.07, 6.45) is -6.03. The number of hydrogen-bond acceptors (Lipinski definition) is 8. The van der Waals surface area contributed by atoms with Crippen LogP contribution in [-0.2, 0) is 4.74 Å². The first kappa shape index (κ1) is 32.2. The van der Waals surface area contributed by atoms with Gasteiger partial charge in [-0.3, -0.25) is 0 Å². The number of benzene rings is 4. The summed E-state index contributed by atoms with van der Waals surface area (Å²) in [5.41, 5.74) is 4.33. The number of thiocarbonyl (C=S) groups is 1. The van der Waals surface area contributed by atoms with Gasteiger partial charge in [-0.15, -0.1) is 0 Å². The molecular weight excluding hydrogens is 609 g/mol. The number of para-hydroxylation sites is 1. The maximum Gasteiger partial charge on any atom is 0.123 e. The van der Waals surface area contributed by atoms with Gasteiger partial charge in [0.25, 0.3) is 0 Å². The van der Waals surface area contributed by atoms with E-state index >= 15 is 0 Å². The number of halogens is 1. The second-order valence-electron chi connectivity index (χ2n) is 11.9. The molecule has 0 bridgehead atoms. The van der Waals surface area contributed by atoms with Crippen LogP contribution in [0.3, 0.4) is 0 Å². The molecule has 0 aromatic heterocycles. The van der Waals surface area contributed by atoms with E-state index in [4.69, 9.17) is 17.0 Å². The van der Waals surface area contributed by atoms with E-state index in [0.717, 1.165) is 21.8 Å². The number of anilines is 1. The lowest BCUT2D eigenvalue weighted by Gasteiger charge is -2.50. The highest BCUT2D eigenvalue weighted by Gasteiger charge is 2.46. The molecule has 46 heavy (non-hydrogen) atoms. The van der Waals surface area contributed by atoms with Crippen molar-refractivity contribution in [1.29, 1.82) is 0 Å². The zero-order valence-corrected chi connectivity index (χ0v) is 25.6. The molecule has 8 nitrogen and oxygen atoms in total. The number of phenols is 1. The molecule has 0 radical (unpaired) electrons. The molecule has 8 unspecified atom stereocenters. The number of hydrogen-bond donors (Lipinski definition) is 6. The van der Waals surface area contributed by atoms with Crippen LogP contribution in [0.2, 0.25) is 0 Å². The molecule has 8 atom stereocenters. The molecule has 6 rings (SSSR count). The van der Waals surface area contributed by atoms with Gasteiger partial charge in [-0.1, -0.05) is 78.9 Å². The van der Waals surface area contributed by atoms with E-state index in [1.807, 2.05) is 47.4 Å². The number of rotatable bonds is 9. The van der Waals surface area contributed by atoms with Crippen molar-refractivity contribution in [2.24, 2.45) is 5.92 Å². The van der Waals surface area contributed by atoms with Crippen LogP contribution in [0.5, 0.6) is 5.75 Å². The van der Waals surface area contributed by atoms with Gasteiger partial charge in [-0.2, -0.15) is 0 Å². The third kappa shape index (κ3) is 6.17. The van der Waals surface area contributed by atoms with E-state index in [1.165, 1.54) is 12.1 Å². The minimum absolute atomic E-state index is 0.0908. The first-order valence-electron chi connectivity index (χ1n) is 15.2. The van der Waals surface area contributed by atoms with Gasteiger partial charge in [-0.05, 0) is 65.4 Å². The highest BCUT2D eigenvalue weighted by atomic mass is 32.1. The number of ether oxygens (including phenoxy) is 1. The van der Waals surface area contributed by atoms with Crippen molar-refractivity contribution < 1.29 is 39.8 Å². The average molecular weight is 646 g/mol. The van der Waals surface area contributed by atoms with Crippen molar-refractivity contribution in [2.75, 3.05) is 11.5 Å². The van der Waals surface area contributed by atoms with E-state index in [-0.39, 0.29) is 23.5 Å². The zero-order valence-electron chi connectivity index (χ0n) is 24.8. The Balaban J connectivity index is 1.23. The fraction of sp³-hybridized carbons (Fsp3) is 0.306. The fourth-order valence-electron chi connectivity index (χ4n) is 6.47. The summed E-state index contributed by atoms with van der Waals surface area (Å²) in [6, 6.07) is 27.8. The molecule has 4 aromatic rings. The summed E-state index contributed by atoms with van der Waals surface area (Å²) >= 11 is 5.86. The van der Waals surface area contributed by atoms with Crippen molar-refractivity contribution >= 4 is 22.9 Å².